The summed E-state index contributed by atoms with van der Waals surface area (Å²) in [7, 11) is 0. The number of carbonyl (C=O) groups is 2. The summed E-state index contributed by atoms with van der Waals surface area (Å²) in [6.45, 7) is 0. The van der Waals surface area contributed by atoms with Crippen LogP contribution in [0.2, 0.25) is 0 Å². The van der Waals surface area contributed by atoms with E-state index in [2.05, 4.69) is 15.4 Å². The van der Waals surface area contributed by atoms with Crippen molar-refractivity contribution in [1.82, 2.24) is 20.1 Å². The van der Waals surface area contributed by atoms with Crippen molar-refractivity contribution < 1.29 is 14.7 Å². The van der Waals surface area contributed by atoms with Crippen molar-refractivity contribution in [1.29, 1.82) is 0 Å². The number of carboxylic acid groups (broad SMARTS) is 1. The maximum atomic E-state index is 12.5. The standard InChI is InChI=1S/C17H20N4O3/c22-16(20-13-7-3-1-2-6-12(13)17(23)24)14-8-4-9-15(19-14)21-11-5-10-18-21/h4-5,8-13H,1-3,6-7H2,(H,20,22)(H,23,24)/t12-,13+/m1/s1. The van der Waals surface area contributed by atoms with Gasteiger partial charge in [0.1, 0.15) is 5.69 Å². The van der Waals surface area contributed by atoms with Crippen LogP contribution in [0.4, 0.5) is 0 Å². The number of aliphatic carboxylic acids is 1. The van der Waals surface area contributed by atoms with Gasteiger partial charge in [-0.05, 0) is 31.0 Å². The van der Waals surface area contributed by atoms with Crippen molar-refractivity contribution in [3.05, 3.63) is 42.4 Å². The summed E-state index contributed by atoms with van der Waals surface area (Å²) < 4.78 is 1.57. The molecule has 0 bridgehead atoms. The van der Waals surface area contributed by atoms with Crippen molar-refractivity contribution >= 4 is 11.9 Å². The molecule has 2 atom stereocenters. The van der Waals surface area contributed by atoms with Crippen LogP contribution in [0.3, 0.4) is 0 Å². The molecule has 0 unspecified atom stereocenters. The molecular formula is C17H20N4O3. The fourth-order valence-corrected chi connectivity index (χ4v) is 3.10. The van der Waals surface area contributed by atoms with Gasteiger partial charge in [-0.15, -0.1) is 0 Å². The largest absolute Gasteiger partial charge is 0.481 e. The lowest BCUT2D eigenvalue weighted by molar-refractivity contribution is -0.142. The predicted molar refractivity (Wildman–Crippen MR) is 86.8 cm³/mol. The first kappa shape index (κ1) is 16.2. The van der Waals surface area contributed by atoms with Gasteiger partial charge in [-0.2, -0.15) is 5.10 Å². The fraction of sp³-hybridized carbons (Fsp3) is 0.412. The first-order valence-electron chi connectivity index (χ1n) is 8.16. The molecule has 1 fully saturated rings. The van der Waals surface area contributed by atoms with E-state index >= 15 is 0 Å². The van der Waals surface area contributed by atoms with Gasteiger partial charge in [-0.25, -0.2) is 9.67 Å². The Morgan fingerprint density at radius 3 is 2.75 bits per heavy atom. The molecule has 7 nitrogen and oxygen atoms in total. The van der Waals surface area contributed by atoms with Crippen LogP contribution in [0.15, 0.2) is 36.7 Å². The third-order valence-corrected chi connectivity index (χ3v) is 4.36. The van der Waals surface area contributed by atoms with Gasteiger partial charge < -0.3 is 10.4 Å². The summed E-state index contributed by atoms with van der Waals surface area (Å²) in [4.78, 5) is 28.3. The van der Waals surface area contributed by atoms with Gasteiger partial charge in [0, 0.05) is 18.4 Å². The van der Waals surface area contributed by atoms with E-state index < -0.39 is 11.9 Å². The highest BCUT2D eigenvalue weighted by Crippen LogP contribution is 2.24. The van der Waals surface area contributed by atoms with E-state index in [1.807, 2.05) is 0 Å². The lowest BCUT2D eigenvalue weighted by Crippen LogP contribution is -2.43. The van der Waals surface area contributed by atoms with E-state index in [9.17, 15) is 14.7 Å². The SMILES string of the molecule is O=C(N[C@H]1CCCCC[C@H]1C(=O)O)c1cccc(-n2cccn2)n1. The molecule has 0 aliphatic heterocycles. The molecular weight excluding hydrogens is 308 g/mol. The van der Waals surface area contributed by atoms with Crippen LogP contribution in [0, 0.1) is 5.92 Å². The monoisotopic (exact) mass is 328 g/mol. The second-order valence-corrected chi connectivity index (χ2v) is 5.99. The van der Waals surface area contributed by atoms with Gasteiger partial charge in [0.2, 0.25) is 0 Å². The smallest absolute Gasteiger partial charge is 0.308 e. The Kier molecular flexibility index (Phi) is 4.88. The zero-order valence-electron chi connectivity index (χ0n) is 13.3. The third-order valence-electron chi connectivity index (χ3n) is 4.36. The number of pyridine rings is 1. The molecule has 1 aliphatic rings. The minimum Gasteiger partial charge on any atom is -0.481 e. The molecule has 7 heteroatoms. The Morgan fingerprint density at radius 1 is 1.17 bits per heavy atom. The van der Waals surface area contributed by atoms with Crippen molar-refractivity contribution in [2.24, 2.45) is 5.92 Å². The summed E-state index contributed by atoms with van der Waals surface area (Å²) >= 11 is 0. The van der Waals surface area contributed by atoms with E-state index in [-0.39, 0.29) is 17.6 Å². The van der Waals surface area contributed by atoms with E-state index in [1.54, 1.807) is 41.3 Å². The number of nitrogens with zero attached hydrogens (tertiary/aromatic N) is 3. The van der Waals surface area contributed by atoms with Crippen LogP contribution < -0.4 is 5.32 Å². The number of carboxylic acids is 1. The Morgan fingerprint density at radius 2 is 2.00 bits per heavy atom. The first-order chi connectivity index (χ1) is 11.6. The Labute approximate surface area is 139 Å². The van der Waals surface area contributed by atoms with E-state index in [1.165, 1.54) is 0 Å². The number of rotatable bonds is 4. The number of aromatic nitrogens is 3. The second kappa shape index (κ2) is 7.25. The molecule has 0 aromatic carbocycles. The maximum Gasteiger partial charge on any atom is 0.308 e. The van der Waals surface area contributed by atoms with Gasteiger partial charge in [0.25, 0.3) is 5.91 Å². The van der Waals surface area contributed by atoms with Gasteiger partial charge in [-0.3, -0.25) is 9.59 Å². The molecule has 0 saturated heterocycles. The number of amides is 1. The lowest BCUT2D eigenvalue weighted by Gasteiger charge is -2.22. The van der Waals surface area contributed by atoms with Crippen LogP contribution in [0.5, 0.6) is 0 Å². The Hall–Kier alpha value is -2.70. The van der Waals surface area contributed by atoms with Crippen LogP contribution in [0.25, 0.3) is 5.82 Å². The molecule has 1 saturated carbocycles. The topological polar surface area (TPSA) is 97.1 Å². The highest BCUT2D eigenvalue weighted by Gasteiger charge is 2.31. The minimum absolute atomic E-state index is 0.261. The summed E-state index contributed by atoms with van der Waals surface area (Å²) in [6.07, 6.45) is 7.48. The van der Waals surface area contributed by atoms with Gasteiger partial charge in [0.05, 0.1) is 5.92 Å². The summed E-state index contributed by atoms with van der Waals surface area (Å²) in [5, 5.41) is 16.4. The fourth-order valence-electron chi connectivity index (χ4n) is 3.10. The van der Waals surface area contributed by atoms with E-state index in [0.717, 1.165) is 19.3 Å². The number of hydrogen-bond donors (Lipinski definition) is 2. The first-order valence-corrected chi connectivity index (χ1v) is 8.16. The Bertz CT molecular complexity index is 714. The molecule has 3 rings (SSSR count). The summed E-state index contributed by atoms with van der Waals surface area (Å²) in [5.74, 6) is -1.18. The van der Waals surface area contributed by atoms with Crippen molar-refractivity contribution in [2.45, 2.75) is 38.1 Å². The second-order valence-electron chi connectivity index (χ2n) is 5.99. The van der Waals surface area contributed by atoms with Crippen molar-refractivity contribution in [3.63, 3.8) is 0 Å². The highest BCUT2D eigenvalue weighted by atomic mass is 16.4. The van der Waals surface area contributed by atoms with Crippen LogP contribution in [-0.4, -0.2) is 37.8 Å². The van der Waals surface area contributed by atoms with Crippen LogP contribution >= 0.6 is 0 Å². The van der Waals surface area contributed by atoms with Crippen molar-refractivity contribution in [3.8, 4) is 5.82 Å². The zero-order valence-corrected chi connectivity index (χ0v) is 13.3. The molecule has 126 valence electrons. The van der Waals surface area contributed by atoms with Crippen molar-refractivity contribution in [2.75, 3.05) is 0 Å². The van der Waals surface area contributed by atoms with Gasteiger partial charge in [0.15, 0.2) is 5.82 Å². The zero-order chi connectivity index (χ0) is 16.9. The average molecular weight is 328 g/mol. The van der Waals surface area contributed by atoms with E-state index in [4.69, 9.17) is 0 Å². The molecule has 1 amide bonds. The lowest BCUT2D eigenvalue weighted by atomic mass is 9.95. The van der Waals surface area contributed by atoms with Gasteiger partial charge in [-0.1, -0.05) is 25.3 Å². The molecule has 0 spiro atoms. The molecule has 2 aromatic heterocycles. The highest BCUT2D eigenvalue weighted by molar-refractivity contribution is 5.93. The molecule has 24 heavy (non-hydrogen) atoms. The summed E-state index contributed by atoms with van der Waals surface area (Å²) in [5.41, 5.74) is 0.261. The van der Waals surface area contributed by atoms with E-state index in [0.29, 0.717) is 18.7 Å². The predicted octanol–water partition coefficient (Wildman–Crippen LogP) is 2.03. The van der Waals surface area contributed by atoms with Crippen LogP contribution in [-0.2, 0) is 4.79 Å². The normalized spacial score (nSPS) is 21.0. The van der Waals surface area contributed by atoms with Crippen LogP contribution in [0.1, 0.15) is 42.6 Å². The van der Waals surface area contributed by atoms with Gasteiger partial charge >= 0.3 is 5.97 Å². The molecule has 1 aliphatic carbocycles. The number of hydrogen-bond acceptors (Lipinski definition) is 4. The molecule has 2 aromatic rings. The third kappa shape index (κ3) is 3.61. The summed E-state index contributed by atoms with van der Waals surface area (Å²) in [6, 6.07) is 6.54. The Balaban J connectivity index is 1.76. The number of carbonyl (C=O) groups excluding carboxylic acids is 1. The molecule has 0 radical (unpaired) electrons. The average Bonchev–Trinajstić information content (AvgIpc) is 3.02. The number of nitrogens with one attached hydrogen (secondary N) is 1. The molecule has 2 N–H and O–H groups in total. The minimum atomic E-state index is -0.847. The molecule has 2 heterocycles. The quantitative estimate of drug-likeness (QED) is 0.837. The maximum absolute atomic E-state index is 12.5.